The second-order valence-electron chi connectivity index (χ2n) is 7.79. The van der Waals surface area contributed by atoms with Gasteiger partial charge >= 0.3 is 0 Å². The molecule has 4 nitrogen and oxygen atoms in total. The van der Waals surface area contributed by atoms with Crippen molar-refractivity contribution in [1.82, 2.24) is 9.73 Å². The Morgan fingerprint density at radius 3 is 2.12 bits per heavy atom. The van der Waals surface area contributed by atoms with Crippen LogP contribution in [0.1, 0.15) is 0 Å². The van der Waals surface area contributed by atoms with Crippen LogP contribution in [-0.4, -0.2) is 16.8 Å². The number of methoxy groups -OCH3 is 1. The second kappa shape index (κ2) is 8.19. The highest BCUT2D eigenvalue weighted by molar-refractivity contribution is 7.99. The van der Waals surface area contributed by atoms with E-state index in [0.717, 1.165) is 33.1 Å². The zero-order chi connectivity index (χ0) is 22.2. The number of aromatic nitrogens is 3. The zero-order valence-electron chi connectivity index (χ0n) is 18.1. The SMILES string of the molecule is COc1ccc(-c2c(-c3ccccc3)c(Sc3ccccc3)n3[nH]c4ccccc4[n+]23)cc1. The molecule has 0 fully saturated rings. The van der Waals surface area contributed by atoms with E-state index in [1.54, 1.807) is 18.9 Å². The van der Waals surface area contributed by atoms with Crippen molar-refractivity contribution in [2.75, 3.05) is 7.11 Å². The maximum absolute atomic E-state index is 5.42. The molecule has 4 aromatic carbocycles. The third-order valence-corrected chi connectivity index (χ3v) is 6.88. The maximum Gasteiger partial charge on any atom is 0.202 e. The predicted octanol–water partition coefficient (Wildman–Crippen LogP) is 6.50. The average Bonchev–Trinajstić information content (AvgIpc) is 3.40. The number of benzene rings is 4. The number of rotatable bonds is 5. The van der Waals surface area contributed by atoms with Gasteiger partial charge < -0.3 is 4.74 Å². The van der Waals surface area contributed by atoms with Crippen molar-refractivity contribution < 1.29 is 9.25 Å². The van der Waals surface area contributed by atoms with Gasteiger partial charge in [0.15, 0.2) is 16.2 Å². The van der Waals surface area contributed by atoms with Crippen LogP contribution in [0.5, 0.6) is 5.75 Å². The van der Waals surface area contributed by atoms with E-state index in [9.17, 15) is 0 Å². The number of ether oxygens (including phenoxy) is 1. The van der Waals surface area contributed by atoms with Crippen LogP contribution < -0.4 is 9.25 Å². The monoisotopic (exact) mass is 448 g/mol. The molecule has 0 aliphatic heterocycles. The summed E-state index contributed by atoms with van der Waals surface area (Å²) in [6, 6.07) is 37.9. The van der Waals surface area contributed by atoms with Crippen LogP contribution in [0.15, 0.2) is 119 Å². The molecule has 0 amide bonds. The molecule has 0 spiro atoms. The number of aromatic amines is 1. The highest BCUT2D eigenvalue weighted by Crippen LogP contribution is 2.41. The highest BCUT2D eigenvalue weighted by Gasteiger charge is 2.30. The number of nitrogens with zero attached hydrogens (tertiary/aromatic N) is 2. The molecule has 0 atom stereocenters. The molecule has 0 aliphatic carbocycles. The summed E-state index contributed by atoms with van der Waals surface area (Å²) in [5.41, 5.74) is 6.84. The van der Waals surface area contributed by atoms with Crippen LogP contribution in [0.3, 0.4) is 0 Å². The minimum absolute atomic E-state index is 0.846. The summed E-state index contributed by atoms with van der Waals surface area (Å²) in [5, 5.41) is 4.76. The normalized spacial score (nSPS) is 11.3. The van der Waals surface area contributed by atoms with E-state index < -0.39 is 0 Å². The minimum Gasteiger partial charge on any atom is -0.497 e. The molecule has 0 saturated heterocycles. The largest absolute Gasteiger partial charge is 0.497 e. The molecule has 2 aromatic heterocycles. The van der Waals surface area contributed by atoms with Gasteiger partial charge in [-0.1, -0.05) is 72.4 Å². The van der Waals surface area contributed by atoms with Crippen molar-refractivity contribution in [1.29, 1.82) is 0 Å². The van der Waals surface area contributed by atoms with E-state index in [2.05, 4.69) is 111 Å². The maximum atomic E-state index is 5.42. The van der Waals surface area contributed by atoms with Crippen LogP contribution in [0.4, 0.5) is 0 Å². The Morgan fingerprint density at radius 2 is 1.39 bits per heavy atom. The van der Waals surface area contributed by atoms with Gasteiger partial charge in [0, 0.05) is 10.5 Å². The summed E-state index contributed by atoms with van der Waals surface area (Å²) in [5.74, 6) is 0.846. The molecule has 1 N–H and O–H groups in total. The number of nitrogens with one attached hydrogen (secondary N) is 1. The Kier molecular flexibility index (Phi) is 4.89. The van der Waals surface area contributed by atoms with Gasteiger partial charge in [0.25, 0.3) is 0 Å². The molecule has 0 aliphatic rings. The molecular formula is C28H22N3OS+. The summed E-state index contributed by atoms with van der Waals surface area (Å²) in [6.45, 7) is 0. The van der Waals surface area contributed by atoms with Crippen molar-refractivity contribution in [3.63, 3.8) is 0 Å². The van der Waals surface area contributed by atoms with Gasteiger partial charge in [0.2, 0.25) is 5.52 Å². The molecule has 5 heteroatoms. The molecule has 33 heavy (non-hydrogen) atoms. The molecule has 0 radical (unpaired) electrons. The third-order valence-electron chi connectivity index (χ3n) is 5.80. The second-order valence-corrected chi connectivity index (χ2v) is 8.85. The molecule has 160 valence electrons. The first-order valence-corrected chi connectivity index (χ1v) is 11.7. The van der Waals surface area contributed by atoms with Crippen LogP contribution in [0.25, 0.3) is 33.4 Å². The summed E-state index contributed by atoms with van der Waals surface area (Å²) in [7, 11) is 1.70. The third kappa shape index (κ3) is 3.38. The van der Waals surface area contributed by atoms with Crippen molar-refractivity contribution in [3.05, 3.63) is 109 Å². The molecule has 6 aromatic rings. The Hall–Kier alpha value is -3.96. The van der Waals surface area contributed by atoms with E-state index in [1.165, 1.54) is 16.0 Å². The van der Waals surface area contributed by atoms with Crippen molar-refractivity contribution in [2.45, 2.75) is 9.92 Å². The zero-order valence-corrected chi connectivity index (χ0v) is 18.9. The van der Waals surface area contributed by atoms with Gasteiger partial charge in [-0.2, -0.15) is 5.10 Å². The Labute approximate surface area is 196 Å². The van der Waals surface area contributed by atoms with Crippen molar-refractivity contribution >= 4 is 22.8 Å². The fourth-order valence-corrected chi connectivity index (χ4v) is 5.32. The molecular weight excluding hydrogens is 426 g/mol. The van der Waals surface area contributed by atoms with Crippen LogP contribution in [0, 0.1) is 0 Å². The van der Waals surface area contributed by atoms with Gasteiger partial charge in [0.1, 0.15) is 5.75 Å². The number of H-pyrrole nitrogens is 1. The molecule has 0 bridgehead atoms. The van der Waals surface area contributed by atoms with Gasteiger partial charge in [-0.15, -0.1) is 4.52 Å². The lowest BCUT2D eigenvalue weighted by Crippen LogP contribution is -2.28. The fourth-order valence-electron chi connectivity index (χ4n) is 4.27. The summed E-state index contributed by atoms with van der Waals surface area (Å²) < 4.78 is 9.88. The number of hydrogen-bond acceptors (Lipinski definition) is 2. The van der Waals surface area contributed by atoms with E-state index in [0.29, 0.717) is 0 Å². The van der Waals surface area contributed by atoms with Crippen LogP contribution >= 0.6 is 11.8 Å². The lowest BCUT2D eigenvalue weighted by atomic mass is 10.0. The van der Waals surface area contributed by atoms with Gasteiger partial charge in [0.05, 0.1) is 12.7 Å². The molecule has 0 saturated carbocycles. The van der Waals surface area contributed by atoms with Crippen molar-refractivity contribution in [3.8, 4) is 28.1 Å². The Bertz CT molecular complexity index is 1550. The van der Waals surface area contributed by atoms with E-state index >= 15 is 0 Å². The minimum atomic E-state index is 0.846. The smallest absolute Gasteiger partial charge is 0.202 e. The first-order valence-electron chi connectivity index (χ1n) is 10.8. The summed E-state index contributed by atoms with van der Waals surface area (Å²) >= 11 is 1.76. The molecule has 6 rings (SSSR count). The lowest BCUT2D eigenvalue weighted by molar-refractivity contribution is -0.585. The summed E-state index contributed by atoms with van der Waals surface area (Å²) in [4.78, 5) is 1.19. The van der Waals surface area contributed by atoms with Gasteiger partial charge in [-0.25, -0.2) is 0 Å². The van der Waals surface area contributed by atoms with Gasteiger partial charge in [-0.3, -0.25) is 0 Å². The Morgan fingerprint density at radius 1 is 0.727 bits per heavy atom. The van der Waals surface area contributed by atoms with E-state index in [1.807, 2.05) is 12.1 Å². The standard InChI is InChI=1S/C28H22N3OS/c1-32-22-18-16-21(17-19-22)27-26(20-10-4-2-5-11-20)28(33-23-12-6-3-7-13-23)31-29-24-14-8-9-15-25(24)30(27)31/h2-19,29H,1H3/q+1. The highest BCUT2D eigenvalue weighted by atomic mass is 32.2. The first-order chi connectivity index (χ1) is 16.3. The lowest BCUT2D eigenvalue weighted by Gasteiger charge is -2.06. The van der Waals surface area contributed by atoms with Crippen LogP contribution in [-0.2, 0) is 0 Å². The quantitative estimate of drug-likeness (QED) is 0.305. The summed E-state index contributed by atoms with van der Waals surface area (Å²) in [6.07, 6.45) is 0. The van der Waals surface area contributed by atoms with Crippen molar-refractivity contribution in [2.24, 2.45) is 0 Å². The topological polar surface area (TPSA) is 33.5 Å². The number of fused-ring (bicyclic) bond motifs is 3. The average molecular weight is 449 g/mol. The van der Waals surface area contributed by atoms with E-state index in [-0.39, 0.29) is 0 Å². The number of para-hydroxylation sites is 2. The first kappa shape index (κ1) is 19.7. The molecule has 0 unspecified atom stereocenters. The fraction of sp³-hybridized carbons (Fsp3) is 0.0357. The van der Waals surface area contributed by atoms with Crippen LogP contribution in [0.2, 0.25) is 0 Å². The van der Waals surface area contributed by atoms with E-state index in [4.69, 9.17) is 4.74 Å². The Balaban J connectivity index is 1.73. The predicted molar refractivity (Wildman–Crippen MR) is 133 cm³/mol. The number of hydrogen-bond donors (Lipinski definition) is 1. The van der Waals surface area contributed by atoms with Gasteiger partial charge in [-0.05, 0) is 58.7 Å². The molecule has 2 heterocycles.